The molecule has 0 amide bonds. The summed E-state index contributed by atoms with van der Waals surface area (Å²) >= 11 is 2.02. The number of ether oxygens (including phenoxy) is 2. The second-order valence-electron chi connectivity index (χ2n) is 4.51. The van der Waals surface area contributed by atoms with E-state index in [1.165, 1.54) is 5.56 Å². The Bertz CT molecular complexity index is 402. The molecule has 1 aromatic carbocycles. The van der Waals surface area contributed by atoms with Crippen LogP contribution in [-0.2, 0) is 0 Å². The van der Waals surface area contributed by atoms with Crippen LogP contribution in [0.25, 0.3) is 0 Å². The Hall–Kier alpha value is -0.870. The molecule has 1 saturated heterocycles. The average molecular weight is 251 g/mol. The number of thioether (sulfide) groups is 1. The minimum absolute atomic E-state index is 0.437. The van der Waals surface area contributed by atoms with Crippen LogP contribution in [0.5, 0.6) is 11.5 Å². The van der Waals surface area contributed by atoms with Gasteiger partial charge in [-0.25, -0.2) is 0 Å². The molecule has 0 aromatic heterocycles. The van der Waals surface area contributed by atoms with Gasteiger partial charge in [-0.2, -0.15) is 11.8 Å². The number of benzene rings is 1. The van der Waals surface area contributed by atoms with Crippen molar-refractivity contribution in [3.63, 3.8) is 0 Å². The maximum Gasteiger partial charge on any atom is 0.161 e. The summed E-state index contributed by atoms with van der Waals surface area (Å²) in [6.45, 7) is 4.64. The first-order chi connectivity index (χ1) is 8.33. The lowest BCUT2D eigenvalue weighted by molar-refractivity contribution is 0.171. The van der Waals surface area contributed by atoms with Gasteiger partial charge in [0.25, 0.3) is 0 Å². The van der Waals surface area contributed by atoms with Crippen molar-refractivity contribution < 1.29 is 9.47 Å². The van der Waals surface area contributed by atoms with Gasteiger partial charge in [-0.3, -0.25) is 0 Å². The van der Waals surface area contributed by atoms with Crippen LogP contribution < -0.4 is 14.8 Å². The largest absolute Gasteiger partial charge is 0.486 e. The third-order valence-electron chi connectivity index (χ3n) is 3.17. The molecule has 4 heteroatoms. The smallest absolute Gasteiger partial charge is 0.161 e. The van der Waals surface area contributed by atoms with E-state index in [1.807, 2.05) is 17.8 Å². The van der Waals surface area contributed by atoms with E-state index in [1.54, 1.807) is 0 Å². The maximum atomic E-state index is 5.62. The van der Waals surface area contributed by atoms with E-state index in [0.717, 1.165) is 23.8 Å². The van der Waals surface area contributed by atoms with Crippen molar-refractivity contribution in [1.82, 2.24) is 5.32 Å². The Balaban J connectivity index is 1.79. The molecular formula is C13H17NO2S. The van der Waals surface area contributed by atoms with Crippen LogP contribution >= 0.6 is 11.8 Å². The summed E-state index contributed by atoms with van der Waals surface area (Å²) in [5.41, 5.74) is 1.30. The van der Waals surface area contributed by atoms with Gasteiger partial charge in [-0.05, 0) is 17.7 Å². The molecule has 0 radical (unpaired) electrons. The molecule has 2 atom stereocenters. The van der Waals surface area contributed by atoms with E-state index in [9.17, 15) is 0 Å². The fraction of sp³-hybridized carbons (Fsp3) is 0.538. The van der Waals surface area contributed by atoms with Crippen LogP contribution in [0.3, 0.4) is 0 Å². The summed E-state index contributed by atoms with van der Waals surface area (Å²) in [5.74, 6) is 2.89. The molecular weight excluding hydrogens is 234 g/mol. The van der Waals surface area contributed by atoms with Crippen molar-refractivity contribution in [2.45, 2.75) is 18.2 Å². The van der Waals surface area contributed by atoms with E-state index >= 15 is 0 Å². The van der Waals surface area contributed by atoms with Crippen molar-refractivity contribution in [3.05, 3.63) is 23.8 Å². The summed E-state index contributed by atoms with van der Waals surface area (Å²) in [7, 11) is 0. The number of rotatable bonds is 1. The van der Waals surface area contributed by atoms with E-state index in [0.29, 0.717) is 24.5 Å². The molecule has 1 aromatic rings. The Morgan fingerprint density at radius 2 is 2.06 bits per heavy atom. The molecule has 0 saturated carbocycles. The molecule has 17 heavy (non-hydrogen) atoms. The Labute approximate surface area is 106 Å². The number of nitrogens with one attached hydrogen (secondary N) is 1. The standard InChI is InChI=1S/C13H17NO2S/c1-9-7-14-11(8-17-9)10-2-3-12-13(6-10)16-5-4-15-12/h2-3,6,9,11,14H,4-5,7-8H2,1H3. The minimum atomic E-state index is 0.437. The van der Waals surface area contributed by atoms with Crippen LogP contribution in [-0.4, -0.2) is 30.8 Å². The topological polar surface area (TPSA) is 30.5 Å². The zero-order chi connectivity index (χ0) is 11.7. The van der Waals surface area contributed by atoms with E-state index in [2.05, 4.69) is 24.4 Å². The molecule has 1 N–H and O–H groups in total. The number of hydrogen-bond acceptors (Lipinski definition) is 4. The summed E-state index contributed by atoms with van der Waals surface area (Å²) in [5, 5.41) is 4.29. The highest BCUT2D eigenvalue weighted by atomic mass is 32.2. The molecule has 2 heterocycles. The summed E-state index contributed by atoms with van der Waals surface area (Å²) < 4.78 is 11.1. The van der Waals surface area contributed by atoms with E-state index in [-0.39, 0.29) is 0 Å². The third-order valence-corrected chi connectivity index (χ3v) is 4.43. The van der Waals surface area contributed by atoms with Crippen molar-refractivity contribution >= 4 is 11.8 Å². The highest BCUT2D eigenvalue weighted by molar-refractivity contribution is 8.00. The molecule has 2 aliphatic rings. The number of hydrogen-bond donors (Lipinski definition) is 1. The first-order valence-corrected chi connectivity index (χ1v) is 7.12. The van der Waals surface area contributed by atoms with Crippen LogP contribution in [0.1, 0.15) is 18.5 Å². The molecule has 1 fully saturated rings. The minimum Gasteiger partial charge on any atom is -0.486 e. The van der Waals surface area contributed by atoms with Crippen LogP contribution in [0, 0.1) is 0 Å². The molecule has 92 valence electrons. The van der Waals surface area contributed by atoms with Gasteiger partial charge in [0.15, 0.2) is 11.5 Å². The van der Waals surface area contributed by atoms with Gasteiger partial charge in [0.2, 0.25) is 0 Å². The Kier molecular flexibility index (Phi) is 3.16. The van der Waals surface area contributed by atoms with Gasteiger partial charge >= 0.3 is 0 Å². The highest BCUT2D eigenvalue weighted by Crippen LogP contribution is 2.34. The average Bonchev–Trinajstić information content (AvgIpc) is 2.39. The lowest BCUT2D eigenvalue weighted by atomic mass is 10.1. The zero-order valence-electron chi connectivity index (χ0n) is 9.94. The third kappa shape index (κ3) is 2.38. The maximum absolute atomic E-state index is 5.62. The predicted octanol–water partition coefficient (Wildman–Crippen LogP) is 2.22. The van der Waals surface area contributed by atoms with Gasteiger partial charge in [-0.1, -0.05) is 13.0 Å². The molecule has 0 spiro atoms. The molecule has 0 bridgehead atoms. The molecule has 3 rings (SSSR count). The van der Waals surface area contributed by atoms with Gasteiger partial charge < -0.3 is 14.8 Å². The zero-order valence-corrected chi connectivity index (χ0v) is 10.8. The second-order valence-corrected chi connectivity index (χ2v) is 5.98. The summed E-state index contributed by atoms with van der Waals surface area (Å²) in [6, 6.07) is 6.71. The first kappa shape index (κ1) is 11.2. The Morgan fingerprint density at radius 1 is 1.24 bits per heavy atom. The van der Waals surface area contributed by atoms with Crippen molar-refractivity contribution in [2.75, 3.05) is 25.5 Å². The van der Waals surface area contributed by atoms with Gasteiger partial charge in [0.1, 0.15) is 13.2 Å². The summed E-state index contributed by atoms with van der Waals surface area (Å²) in [6.07, 6.45) is 0. The number of fused-ring (bicyclic) bond motifs is 1. The molecule has 0 aliphatic carbocycles. The molecule has 3 nitrogen and oxygen atoms in total. The van der Waals surface area contributed by atoms with Crippen molar-refractivity contribution in [1.29, 1.82) is 0 Å². The SMILES string of the molecule is CC1CNC(c2ccc3c(c2)OCCO3)CS1. The summed E-state index contributed by atoms with van der Waals surface area (Å²) in [4.78, 5) is 0. The molecule has 2 unspecified atom stereocenters. The lowest BCUT2D eigenvalue weighted by Crippen LogP contribution is -2.34. The fourth-order valence-corrected chi connectivity index (χ4v) is 3.22. The Morgan fingerprint density at radius 3 is 2.82 bits per heavy atom. The van der Waals surface area contributed by atoms with E-state index < -0.39 is 0 Å². The second kappa shape index (κ2) is 4.78. The van der Waals surface area contributed by atoms with Gasteiger partial charge in [-0.15, -0.1) is 0 Å². The van der Waals surface area contributed by atoms with Crippen LogP contribution in [0.15, 0.2) is 18.2 Å². The highest BCUT2D eigenvalue weighted by Gasteiger charge is 2.21. The normalized spacial score (nSPS) is 27.8. The van der Waals surface area contributed by atoms with Crippen molar-refractivity contribution in [2.24, 2.45) is 0 Å². The van der Waals surface area contributed by atoms with Crippen molar-refractivity contribution in [3.8, 4) is 11.5 Å². The molecule has 2 aliphatic heterocycles. The quantitative estimate of drug-likeness (QED) is 0.829. The van der Waals surface area contributed by atoms with Crippen LogP contribution in [0.2, 0.25) is 0 Å². The van der Waals surface area contributed by atoms with Gasteiger partial charge in [0, 0.05) is 23.6 Å². The fourth-order valence-electron chi connectivity index (χ4n) is 2.18. The predicted molar refractivity (Wildman–Crippen MR) is 70.1 cm³/mol. The monoisotopic (exact) mass is 251 g/mol. The first-order valence-electron chi connectivity index (χ1n) is 6.07. The van der Waals surface area contributed by atoms with E-state index in [4.69, 9.17) is 9.47 Å². The van der Waals surface area contributed by atoms with Gasteiger partial charge in [0.05, 0.1) is 0 Å². The lowest BCUT2D eigenvalue weighted by Gasteiger charge is -2.28. The van der Waals surface area contributed by atoms with Crippen LogP contribution in [0.4, 0.5) is 0 Å².